The number of hydrogen-bond donors (Lipinski definition) is 1. The fraction of sp³-hybridized carbons (Fsp3) is 0.235. The number of carbonyl (C=O) groups is 1. The van der Waals surface area contributed by atoms with E-state index in [4.69, 9.17) is 27.9 Å². The van der Waals surface area contributed by atoms with Gasteiger partial charge in [-0.1, -0.05) is 29.3 Å². The van der Waals surface area contributed by atoms with E-state index in [1.54, 1.807) is 18.2 Å². The normalized spacial score (nSPS) is 10.4. The third-order valence-electron chi connectivity index (χ3n) is 3.27. The van der Waals surface area contributed by atoms with Crippen LogP contribution in [0.4, 0.5) is 5.69 Å². The molecule has 0 saturated carbocycles. The van der Waals surface area contributed by atoms with Gasteiger partial charge in [0.1, 0.15) is 5.75 Å². The zero-order valence-corrected chi connectivity index (χ0v) is 14.2. The predicted octanol–water partition coefficient (Wildman–Crippen LogP) is 4.94. The summed E-state index contributed by atoms with van der Waals surface area (Å²) in [5.74, 6) is 0.452. The Morgan fingerprint density at radius 3 is 2.32 bits per heavy atom. The van der Waals surface area contributed by atoms with Gasteiger partial charge in [-0.25, -0.2) is 0 Å². The van der Waals surface area contributed by atoms with Crippen LogP contribution in [0.5, 0.6) is 5.75 Å². The molecule has 116 valence electrons. The van der Waals surface area contributed by atoms with Crippen molar-refractivity contribution < 1.29 is 9.53 Å². The van der Waals surface area contributed by atoms with E-state index in [2.05, 4.69) is 11.4 Å². The Morgan fingerprint density at radius 1 is 1.05 bits per heavy atom. The van der Waals surface area contributed by atoms with Gasteiger partial charge in [-0.3, -0.25) is 4.79 Å². The topological polar surface area (TPSA) is 38.3 Å². The maximum Gasteiger partial charge on any atom is 0.262 e. The van der Waals surface area contributed by atoms with Crippen LogP contribution in [0, 0.1) is 20.8 Å². The lowest BCUT2D eigenvalue weighted by Crippen LogP contribution is -2.20. The Balaban J connectivity index is 2.01. The molecule has 0 spiro atoms. The third kappa shape index (κ3) is 4.39. The summed E-state index contributed by atoms with van der Waals surface area (Å²) in [5, 5.41) is 3.64. The van der Waals surface area contributed by atoms with Crippen molar-refractivity contribution >= 4 is 34.8 Å². The van der Waals surface area contributed by atoms with Gasteiger partial charge in [0, 0.05) is 15.7 Å². The van der Waals surface area contributed by atoms with Crippen molar-refractivity contribution in [3.63, 3.8) is 0 Å². The Morgan fingerprint density at radius 2 is 1.68 bits per heavy atom. The second kappa shape index (κ2) is 7.03. The SMILES string of the molecule is Cc1cc(C)c(C)c(OCC(=O)Nc2cc(Cl)cc(Cl)c2)c1. The molecular weight excluding hydrogens is 321 g/mol. The van der Waals surface area contributed by atoms with Gasteiger partial charge in [-0.15, -0.1) is 0 Å². The highest BCUT2D eigenvalue weighted by atomic mass is 35.5. The van der Waals surface area contributed by atoms with Gasteiger partial charge in [-0.2, -0.15) is 0 Å². The minimum absolute atomic E-state index is 0.0755. The molecule has 5 heteroatoms. The van der Waals surface area contributed by atoms with E-state index < -0.39 is 0 Å². The molecule has 3 nitrogen and oxygen atoms in total. The standard InChI is InChI=1S/C17H17Cl2NO2/c1-10-4-11(2)12(3)16(5-10)22-9-17(21)20-15-7-13(18)6-14(19)8-15/h4-8H,9H2,1-3H3,(H,20,21). The van der Waals surface area contributed by atoms with Crippen molar-refractivity contribution in [2.75, 3.05) is 11.9 Å². The molecule has 2 rings (SSSR count). The molecule has 0 unspecified atom stereocenters. The van der Waals surface area contributed by atoms with Gasteiger partial charge in [0.15, 0.2) is 6.61 Å². The fourth-order valence-electron chi connectivity index (χ4n) is 2.12. The van der Waals surface area contributed by atoms with Crippen LogP contribution in [-0.4, -0.2) is 12.5 Å². The number of aryl methyl sites for hydroxylation is 2. The Kier molecular flexibility index (Phi) is 5.33. The summed E-state index contributed by atoms with van der Waals surface area (Å²) in [6, 6.07) is 8.87. The van der Waals surface area contributed by atoms with Crippen LogP contribution in [0.15, 0.2) is 30.3 Å². The van der Waals surface area contributed by atoms with E-state index in [0.717, 1.165) is 22.4 Å². The van der Waals surface area contributed by atoms with Crippen LogP contribution in [0.1, 0.15) is 16.7 Å². The largest absolute Gasteiger partial charge is 0.483 e. The average Bonchev–Trinajstić information content (AvgIpc) is 2.40. The number of nitrogens with one attached hydrogen (secondary N) is 1. The van der Waals surface area contributed by atoms with E-state index in [1.807, 2.05) is 26.8 Å². The maximum atomic E-state index is 12.0. The predicted molar refractivity (Wildman–Crippen MR) is 91.2 cm³/mol. The first kappa shape index (κ1) is 16.7. The zero-order valence-electron chi connectivity index (χ0n) is 12.7. The first-order valence-electron chi connectivity index (χ1n) is 6.82. The number of halogens is 2. The molecule has 0 radical (unpaired) electrons. The smallest absolute Gasteiger partial charge is 0.262 e. The van der Waals surface area contributed by atoms with Crippen molar-refractivity contribution in [1.82, 2.24) is 0 Å². The molecule has 22 heavy (non-hydrogen) atoms. The molecule has 0 saturated heterocycles. The number of rotatable bonds is 4. The van der Waals surface area contributed by atoms with Crippen molar-refractivity contribution in [2.45, 2.75) is 20.8 Å². The molecule has 0 aliphatic rings. The quantitative estimate of drug-likeness (QED) is 0.858. The lowest BCUT2D eigenvalue weighted by molar-refractivity contribution is -0.118. The summed E-state index contributed by atoms with van der Waals surface area (Å²) in [4.78, 5) is 12.0. The summed E-state index contributed by atoms with van der Waals surface area (Å²) in [7, 11) is 0. The highest BCUT2D eigenvalue weighted by molar-refractivity contribution is 6.35. The van der Waals surface area contributed by atoms with Gasteiger partial charge in [0.05, 0.1) is 0 Å². The number of ether oxygens (including phenoxy) is 1. The Hall–Kier alpha value is -1.71. The molecule has 0 bridgehead atoms. The molecule has 0 aliphatic carbocycles. The van der Waals surface area contributed by atoms with Gasteiger partial charge in [-0.05, 0) is 61.7 Å². The van der Waals surface area contributed by atoms with E-state index in [9.17, 15) is 4.79 Å². The molecule has 0 heterocycles. The average molecular weight is 338 g/mol. The summed E-state index contributed by atoms with van der Waals surface area (Å²) >= 11 is 11.8. The van der Waals surface area contributed by atoms with Crippen molar-refractivity contribution in [1.29, 1.82) is 0 Å². The molecule has 2 aromatic rings. The minimum Gasteiger partial charge on any atom is -0.483 e. The van der Waals surface area contributed by atoms with E-state index in [-0.39, 0.29) is 12.5 Å². The number of hydrogen-bond acceptors (Lipinski definition) is 2. The molecule has 2 aromatic carbocycles. The van der Waals surface area contributed by atoms with Crippen LogP contribution < -0.4 is 10.1 Å². The second-order valence-corrected chi connectivity index (χ2v) is 6.07. The minimum atomic E-state index is -0.267. The molecule has 0 aromatic heterocycles. The van der Waals surface area contributed by atoms with Gasteiger partial charge in [0.25, 0.3) is 5.91 Å². The molecular formula is C17H17Cl2NO2. The summed E-state index contributed by atoms with van der Waals surface area (Å²) in [5.41, 5.74) is 3.81. The van der Waals surface area contributed by atoms with Crippen LogP contribution in [0.2, 0.25) is 10.0 Å². The first-order valence-corrected chi connectivity index (χ1v) is 7.57. The lowest BCUT2D eigenvalue weighted by Gasteiger charge is -2.12. The van der Waals surface area contributed by atoms with Crippen LogP contribution >= 0.6 is 23.2 Å². The highest BCUT2D eigenvalue weighted by Gasteiger charge is 2.08. The number of anilines is 1. The second-order valence-electron chi connectivity index (χ2n) is 5.20. The van der Waals surface area contributed by atoms with Gasteiger partial charge < -0.3 is 10.1 Å². The highest BCUT2D eigenvalue weighted by Crippen LogP contribution is 2.24. The summed E-state index contributed by atoms with van der Waals surface area (Å²) < 4.78 is 5.61. The fourth-order valence-corrected chi connectivity index (χ4v) is 2.64. The summed E-state index contributed by atoms with van der Waals surface area (Å²) in [6.45, 7) is 5.91. The maximum absolute atomic E-state index is 12.0. The first-order chi connectivity index (χ1) is 10.3. The molecule has 0 aliphatic heterocycles. The molecule has 0 fully saturated rings. The molecule has 0 atom stereocenters. The van der Waals surface area contributed by atoms with Crippen molar-refractivity contribution in [2.24, 2.45) is 0 Å². The van der Waals surface area contributed by atoms with Crippen LogP contribution in [-0.2, 0) is 4.79 Å². The monoisotopic (exact) mass is 337 g/mol. The van der Waals surface area contributed by atoms with E-state index in [1.165, 1.54) is 0 Å². The number of benzene rings is 2. The Bertz CT molecular complexity index is 694. The lowest BCUT2D eigenvalue weighted by atomic mass is 10.1. The molecule has 1 N–H and O–H groups in total. The van der Waals surface area contributed by atoms with E-state index in [0.29, 0.717) is 15.7 Å². The Labute approximate surface area is 140 Å². The van der Waals surface area contributed by atoms with Crippen LogP contribution in [0.3, 0.4) is 0 Å². The summed E-state index contributed by atoms with van der Waals surface area (Å²) in [6.07, 6.45) is 0. The number of amides is 1. The van der Waals surface area contributed by atoms with Crippen molar-refractivity contribution in [3.8, 4) is 5.75 Å². The van der Waals surface area contributed by atoms with Gasteiger partial charge >= 0.3 is 0 Å². The van der Waals surface area contributed by atoms with Crippen LogP contribution in [0.25, 0.3) is 0 Å². The third-order valence-corrected chi connectivity index (χ3v) is 3.71. The zero-order chi connectivity index (χ0) is 16.3. The van der Waals surface area contributed by atoms with Gasteiger partial charge in [0.2, 0.25) is 0 Å². The van der Waals surface area contributed by atoms with E-state index >= 15 is 0 Å². The van der Waals surface area contributed by atoms with Crippen molar-refractivity contribution in [3.05, 3.63) is 57.1 Å². The number of carbonyl (C=O) groups excluding carboxylic acids is 1. The molecule has 1 amide bonds.